The first-order valence-corrected chi connectivity index (χ1v) is 2.72. The van der Waals surface area contributed by atoms with E-state index in [9.17, 15) is 9.59 Å². The summed E-state index contributed by atoms with van der Waals surface area (Å²) in [5.41, 5.74) is -0.499. The van der Waals surface area contributed by atoms with E-state index in [1.54, 1.807) is 19.9 Å². The fraction of sp³-hybridized carbons (Fsp3) is 0.429. The molecule has 0 radical (unpaired) electrons. The molecule has 0 unspecified atom stereocenters. The molecule has 0 aliphatic rings. The van der Waals surface area contributed by atoms with Crippen LogP contribution in [0.15, 0.2) is 12.2 Å². The van der Waals surface area contributed by atoms with Crippen molar-refractivity contribution in [2.24, 2.45) is 5.41 Å². The van der Waals surface area contributed by atoms with Crippen LogP contribution in [0.25, 0.3) is 0 Å². The molecular formula is C7H10O2. The second-order valence-electron chi connectivity index (χ2n) is 2.43. The molecule has 0 rings (SSSR count). The maximum absolute atomic E-state index is 10.2. The second kappa shape index (κ2) is 3.17. The van der Waals surface area contributed by atoms with Crippen LogP contribution in [0.5, 0.6) is 0 Å². The third-order valence-corrected chi connectivity index (χ3v) is 0.908. The molecule has 0 N–H and O–H groups in total. The van der Waals surface area contributed by atoms with Gasteiger partial charge >= 0.3 is 0 Å². The zero-order chi connectivity index (χ0) is 7.33. The molecule has 0 aliphatic heterocycles. The first-order valence-electron chi connectivity index (χ1n) is 2.72. The molecule has 0 aromatic heterocycles. The van der Waals surface area contributed by atoms with E-state index in [0.717, 1.165) is 6.29 Å². The van der Waals surface area contributed by atoms with Crippen molar-refractivity contribution in [3.05, 3.63) is 12.2 Å². The molecule has 50 valence electrons. The van der Waals surface area contributed by atoms with E-state index in [4.69, 9.17) is 0 Å². The first kappa shape index (κ1) is 8.08. The maximum Gasteiger partial charge on any atom is 0.142 e. The molecule has 0 fully saturated rings. The van der Waals surface area contributed by atoms with E-state index < -0.39 is 5.41 Å². The summed E-state index contributed by atoms with van der Waals surface area (Å²) in [5, 5.41) is 0. The Balaban J connectivity index is 3.99. The smallest absolute Gasteiger partial charge is 0.142 e. The highest BCUT2D eigenvalue weighted by molar-refractivity contribution is 5.69. The van der Waals surface area contributed by atoms with Crippen LogP contribution in [-0.4, -0.2) is 12.6 Å². The van der Waals surface area contributed by atoms with Crippen molar-refractivity contribution < 1.29 is 9.59 Å². The number of allylic oxidation sites excluding steroid dienone is 2. The van der Waals surface area contributed by atoms with Crippen molar-refractivity contribution in [2.75, 3.05) is 0 Å². The summed E-state index contributed by atoms with van der Waals surface area (Å²) in [6.07, 6.45) is 4.35. The van der Waals surface area contributed by atoms with Crippen molar-refractivity contribution in [1.82, 2.24) is 0 Å². The van der Waals surface area contributed by atoms with Gasteiger partial charge in [0.1, 0.15) is 12.6 Å². The van der Waals surface area contributed by atoms with E-state index in [2.05, 4.69) is 0 Å². The molecule has 0 saturated heterocycles. The third kappa shape index (κ3) is 3.64. The molecular weight excluding hydrogens is 116 g/mol. The molecule has 9 heavy (non-hydrogen) atoms. The standard InChI is InChI=1S/C7H10O2/c1-7(2,6-9)4-3-5-8/h3-6H,1-2H3. The topological polar surface area (TPSA) is 34.1 Å². The van der Waals surface area contributed by atoms with Crippen LogP contribution in [0.3, 0.4) is 0 Å². The van der Waals surface area contributed by atoms with E-state index in [1.807, 2.05) is 0 Å². The summed E-state index contributed by atoms with van der Waals surface area (Å²) < 4.78 is 0. The average Bonchev–Trinajstić information content (AvgIpc) is 1.84. The molecule has 0 bridgehead atoms. The Morgan fingerprint density at radius 2 is 1.78 bits per heavy atom. The number of aldehydes is 2. The monoisotopic (exact) mass is 126 g/mol. The Hall–Kier alpha value is -0.920. The van der Waals surface area contributed by atoms with Crippen molar-refractivity contribution in [2.45, 2.75) is 13.8 Å². The summed E-state index contributed by atoms with van der Waals surface area (Å²) in [6, 6.07) is 0. The van der Waals surface area contributed by atoms with E-state index in [1.165, 1.54) is 6.08 Å². The molecule has 0 aliphatic carbocycles. The molecule has 2 heteroatoms. The lowest BCUT2D eigenvalue weighted by molar-refractivity contribution is -0.112. The number of carbonyl (C=O) groups is 2. The predicted octanol–water partition coefficient (Wildman–Crippen LogP) is 0.967. The Kier molecular flexibility index (Phi) is 2.85. The van der Waals surface area contributed by atoms with E-state index >= 15 is 0 Å². The minimum absolute atomic E-state index is 0.499. The van der Waals surface area contributed by atoms with Crippen LogP contribution in [0, 0.1) is 5.41 Å². The highest BCUT2D eigenvalue weighted by Gasteiger charge is 2.09. The fourth-order valence-corrected chi connectivity index (χ4v) is 0.327. The quantitative estimate of drug-likeness (QED) is 0.417. The zero-order valence-corrected chi connectivity index (χ0v) is 5.63. The Morgan fingerprint density at radius 1 is 1.22 bits per heavy atom. The summed E-state index contributed by atoms with van der Waals surface area (Å²) in [5.74, 6) is 0. The molecule has 0 aromatic rings. The van der Waals surface area contributed by atoms with Gasteiger partial charge in [-0.3, -0.25) is 4.79 Å². The van der Waals surface area contributed by atoms with E-state index in [0.29, 0.717) is 6.29 Å². The lowest BCUT2D eigenvalue weighted by atomic mass is 9.96. The molecule has 0 heterocycles. The molecule has 0 amide bonds. The van der Waals surface area contributed by atoms with Gasteiger partial charge in [0.2, 0.25) is 0 Å². The van der Waals surface area contributed by atoms with Gasteiger partial charge in [-0.1, -0.05) is 6.08 Å². The van der Waals surface area contributed by atoms with Crippen molar-refractivity contribution >= 4 is 12.6 Å². The van der Waals surface area contributed by atoms with Gasteiger partial charge in [-0.25, -0.2) is 0 Å². The average molecular weight is 126 g/mol. The van der Waals surface area contributed by atoms with Crippen LogP contribution in [0.4, 0.5) is 0 Å². The number of hydrogen-bond acceptors (Lipinski definition) is 2. The first-order chi connectivity index (χ1) is 4.12. The fourth-order valence-electron chi connectivity index (χ4n) is 0.327. The van der Waals surface area contributed by atoms with Gasteiger partial charge in [0.25, 0.3) is 0 Å². The van der Waals surface area contributed by atoms with Crippen LogP contribution in [0.2, 0.25) is 0 Å². The summed E-state index contributed by atoms with van der Waals surface area (Å²) in [7, 11) is 0. The van der Waals surface area contributed by atoms with Crippen molar-refractivity contribution in [3.8, 4) is 0 Å². The molecule has 0 aromatic carbocycles. The van der Waals surface area contributed by atoms with Crippen LogP contribution in [-0.2, 0) is 9.59 Å². The predicted molar refractivity (Wildman–Crippen MR) is 35.0 cm³/mol. The Morgan fingerprint density at radius 3 is 2.11 bits per heavy atom. The number of carbonyl (C=O) groups excluding carboxylic acids is 2. The Bertz CT molecular complexity index is 134. The molecule has 0 spiro atoms. The summed E-state index contributed by atoms with van der Waals surface area (Å²) >= 11 is 0. The SMILES string of the molecule is CC(C)(C=O)C=CC=O. The van der Waals surface area contributed by atoms with Crippen LogP contribution < -0.4 is 0 Å². The minimum atomic E-state index is -0.499. The summed E-state index contributed by atoms with van der Waals surface area (Å²) in [6.45, 7) is 3.47. The van der Waals surface area contributed by atoms with Crippen LogP contribution >= 0.6 is 0 Å². The van der Waals surface area contributed by atoms with Crippen molar-refractivity contribution in [1.29, 1.82) is 0 Å². The largest absolute Gasteiger partial charge is 0.302 e. The van der Waals surface area contributed by atoms with Gasteiger partial charge in [0, 0.05) is 5.41 Å². The molecule has 2 nitrogen and oxygen atoms in total. The van der Waals surface area contributed by atoms with Gasteiger partial charge < -0.3 is 4.79 Å². The minimum Gasteiger partial charge on any atom is -0.302 e. The third-order valence-electron chi connectivity index (χ3n) is 0.908. The van der Waals surface area contributed by atoms with Gasteiger partial charge in [-0.2, -0.15) is 0 Å². The number of rotatable bonds is 3. The lowest BCUT2D eigenvalue weighted by Crippen LogP contribution is -2.07. The van der Waals surface area contributed by atoms with Gasteiger partial charge in [-0.15, -0.1) is 0 Å². The maximum atomic E-state index is 10.2. The van der Waals surface area contributed by atoms with Crippen molar-refractivity contribution in [3.63, 3.8) is 0 Å². The molecule has 0 atom stereocenters. The van der Waals surface area contributed by atoms with Gasteiger partial charge in [0.05, 0.1) is 0 Å². The highest BCUT2D eigenvalue weighted by atomic mass is 16.1. The lowest BCUT2D eigenvalue weighted by Gasteiger charge is -2.07. The number of hydrogen-bond donors (Lipinski definition) is 0. The Labute approximate surface area is 54.6 Å². The van der Waals surface area contributed by atoms with Crippen LogP contribution in [0.1, 0.15) is 13.8 Å². The van der Waals surface area contributed by atoms with E-state index in [-0.39, 0.29) is 0 Å². The molecule has 0 saturated carbocycles. The summed E-state index contributed by atoms with van der Waals surface area (Å²) in [4.78, 5) is 19.9. The normalized spacial score (nSPS) is 11.8. The zero-order valence-electron chi connectivity index (χ0n) is 5.63. The second-order valence-corrected chi connectivity index (χ2v) is 2.43. The highest BCUT2D eigenvalue weighted by Crippen LogP contribution is 2.11. The van der Waals surface area contributed by atoms with Gasteiger partial charge in [0.15, 0.2) is 0 Å². The van der Waals surface area contributed by atoms with Gasteiger partial charge in [-0.05, 0) is 19.9 Å².